The number of hydrogen-bond acceptors (Lipinski definition) is 3. The number of anilines is 1. The molecule has 0 unspecified atom stereocenters. The van der Waals surface area contributed by atoms with E-state index in [1.807, 2.05) is 18.2 Å². The number of nitrogens with one attached hydrogen (secondary N) is 1. The fourth-order valence-corrected chi connectivity index (χ4v) is 3.69. The molecule has 116 valence electrons. The van der Waals surface area contributed by atoms with Gasteiger partial charge in [-0.25, -0.2) is 0 Å². The highest BCUT2D eigenvalue weighted by Gasteiger charge is 2.35. The maximum absolute atomic E-state index is 12.5. The van der Waals surface area contributed by atoms with Crippen LogP contribution in [-0.2, 0) is 14.3 Å². The Bertz CT molecular complexity index is 608. The van der Waals surface area contributed by atoms with Crippen molar-refractivity contribution in [1.29, 1.82) is 0 Å². The summed E-state index contributed by atoms with van der Waals surface area (Å²) < 4.78 is 6.55. The van der Waals surface area contributed by atoms with Crippen LogP contribution in [0.5, 0.6) is 0 Å². The Morgan fingerprint density at radius 3 is 2.32 bits per heavy atom. The molecule has 0 fully saturated rings. The van der Waals surface area contributed by atoms with Crippen LogP contribution in [-0.4, -0.2) is 11.9 Å². The van der Waals surface area contributed by atoms with Gasteiger partial charge in [0.2, 0.25) is 5.91 Å². The van der Waals surface area contributed by atoms with Crippen molar-refractivity contribution in [3.8, 4) is 0 Å². The number of rotatable bonds is 4. The van der Waals surface area contributed by atoms with Crippen LogP contribution in [0.1, 0.15) is 12.8 Å². The molecule has 0 aromatic heterocycles. The summed E-state index contributed by atoms with van der Waals surface area (Å²) in [6.45, 7) is 3.38. The van der Waals surface area contributed by atoms with Crippen LogP contribution in [0.4, 0.5) is 5.69 Å². The van der Waals surface area contributed by atoms with Crippen LogP contribution in [0, 0.1) is 11.8 Å². The van der Waals surface area contributed by atoms with Gasteiger partial charge in [0, 0.05) is 14.6 Å². The Kier molecular flexibility index (Phi) is 5.97. The summed E-state index contributed by atoms with van der Waals surface area (Å²) in [7, 11) is 0. The van der Waals surface area contributed by atoms with Gasteiger partial charge in [-0.2, -0.15) is 0 Å². The lowest BCUT2D eigenvalue weighted by atomic mass is 9.82. The molecule has 0 saturated carbocycles. The molecule has 0 radical (unpaired) electrons. The van der Waals surface area contributed by atoms with Crippen molar-refractivity contribution in [3.05, 3.63) is 52.1 Å². The molecule has 2 rings (SSSR count). The minimum Gasteiger partial charge on any atom is -0.435 e. The van der Waals surface area contributed by atoms with Crippen molar-refractivity contribution >= 4 is 49.4 Å². The van der Waals surface area contributed by atoms with Crippen LogP contribution in [0.2, 0.25) is 0 Å². The van der Waals surface area contributed by atoms with E-state index in [-0.39, 0.29) is 5.91 Å². The van der Waals surface area contributed by atoms with Gasteiger partial charge < -0.3 is 10.1 Å². The molecule has 1 aliphatic rings. The number of hydrogen-bond donors (Lipinski definition) is 1. The number of carbonyl (C=O) groups excluding carboxylic acids is 2. The normalized spacial score (nSPS) is 20.3. The molecule has 1 aromatic rings. The zero-order valence-corrected chi connectivity index (χ0v) is 14.9. The van der Waals surface area contributed by atoms with E-state index in [0.717, 1.165) is 15.2 Å². The third-order valence-electron chi connectivity index (χ3n) is 3.40. The Morgan fingerprint density at radius 1 is 1.14 bits per heavy atom. The number of allylic oxidation sites excluding steroid dienone is 2. The molecule has 0 saturated heterocycles. The lowest BCUT2D eigenvalue weighted by Crippen LogP contribution is -2.35. The Labute approximate surface area is 145 Å². The quantitative estimate of drug-likeness (QED) is 0.438. The van der Waals surface area contributed by atoms with Crippen molar-refractivity contribution in [2.24, 2.45) is 11.8 Å². The van der Waals surface area contributed by atoms with Crippen LogP contribution in [0.3, 0.4) is 0 Å². The summed E-state index contributed by atoms with van der Waals surface area (Å²) in [5.41, 5.74) is 0.664. The van der Waals surface area contributed by atoms with E-state index in [2.05, 4.69) is 43.8 Å². The number of amides is 1. The van der Waals surface area contributed by atoms with Gasteiger partial charge in [0.15, 0.2) is 0 Å². The summed E-state index contributed by atoms with van der Waals surface area (Å²) in [6, 6.07) is 5.49. The van der Waals surface area contributed by atoms with E-state index in [1.54, 1.807) is 12.1 Å². The fraction of sp³-hybridized carbons (Fsp3) is 0.250. The summed E-state index contributed by atoms with van der Waals surface area (Å²) in [5.74, 6) is -1.55. The first-order valence-corrected chi connectivity index (χ1v) is 8.33. The van der Waals surface area contributed by atoms with Gasteiger partial charge in [-0.1, -0.05) is 50.6 Å². The smallest absolute Gasteiger partial charge is 0.314 e. The highest BCUT2D eigenvalue weighted by Crippen LogP contribution is 2.29. The van der Waals surface area contributed by atoms with Crippen molar-refractivity contribution in [2.75, 3.05) is 5.32 Å². The van der Waals surface area contributed by atoms with Gasteiger partial charge in [0.25, 0.3) is 0 Å². The second kappa shape index (κ2) is 7.74. The Balaban J connectivity index is 2.13. The van der Waals surface area contributed by atoms with Crippen molar-refractivity contribution in [1.82, 2.24) is 0 Å². The molecule has 1 aromatic carbocycles. The lowest BCUT2D eigenvalue weighted by Gasteiger charge is -2.25. The van der Waals surface area contributed by atoms with Crippen LogP contribution < -0.4 is 5.32 Å². The molecule has 4 nitrogen and oxygen atoms in total. The Hall–Kier alpha value is -1.40. The van der Waals surface area contributed by atoms with Gasteiger partial charge in [-0.15, -0.1) is 0 Å². The van der Waals surface area contributed by atoms with Crippen molar-refractivity contribution < 1.29 is 14.3 Å². The van der Waals surface area contributed by atoms with Crippen molar-refractivity contribution in [3.63, 3.8) is 0 Å². The van der Waals surface area contributed by atoms with Gasteiger partial charge in [-0.05, 0) is 31.0 Å². The molecule has 1 amide bonds. The number of carbonyl (C=O) groups is 2. The van der Waals surface area contributed by atoms with Crippen molar-refractivity contribution in [2.45, 2.75) is 12.8 Å². The number of halogens is 2. The molecule has 1 N–H and O–H groups in total. The Morgan fingerprint density at radius 2 is 1.73 bits per heavy atom. The van der Waals surface area contributed by atoms with Gasteiger partial charge in [0.05, 0.1) is 18.1 Å². The van der Waals surface area contributed by atoms with Gasteiger partial charge in [-0.3, -0.25) is 9.59 Å². The monoisotopic (exact) mass is 427 g/mol. The zero-order valence-electron chi connectivity index (χ0n) is 11.7. The molecule has 0 spiro atoms. The van der Waals surface area contributed by atoms with Crippen LogP contribution >= 0.6 is 31.9 Å². The third-order valence-corrected chi connectivity index (χ3v) is 4.32. The molecule has 1 aliphatic carbocycles. The number of ether oxygens (including phenoxy) is 1. The lowest BCUT2D eigenvalue weighted by molar-refractivity contribution is -0.147. The van der Waals surface area contributed by atoms with Crippen LogP contribution in [0.25, 0.3) is 0 Å². The van der Waals surface area contributed by atoms with E-state index in [0.29, 0.717) is 18.5 Å². The molecule has 0 heterocycles. The molecular weight excluding hydrogens is 414 g/mol. The molecule has 6 heteroatoms. The minimum absolute atomic E-state index is 0.194. The predicted molar refractivity (Wildman–Crippen MR) is 92.1 cm³/mol. The number of esters is 1. The topological polar surface area (TPSA) is 55.4 Å². The van der Waals surface area contributed by atoms with Crippen LogP contribution in [0.15, 0.2) is 52.1 Å². The zero-order chi connectivity index (χ0) is 16.1. The molecule has 22 heavy (non-hydrogen) atoms. The first kappa shape index (κ1) is 17.0. The average molecular weight is 429 g/mol. The summed E-state index contributed by atoms with van der Waals surface area (Å²) in [4.78, 5) is 24.5. The third kappa shape index (κ3) is 4.30. The van der Waals surface area contributed by atoms with Gasteiger partial charge in [0.1, 0.15) is 0 Å². The van der Waals surface area contributed by atoms with E-state index in [4.69, 9.17) is 4.74 Å². The largest absolute Gasteiger partial charge is 0.435 e. The average Bonchev–Trinajstić information content (AvgIpc) is 2.46. The second-order valence-electron chi connectivity index (χ2n) is 4.91. The summed E-state index contributed by atoms with van der Waals surface area (Å²) in [5, 5.41) is 2.85. The molecule has 0 bridgehead atoms. The standard InChI is InChI=1S/C16H15Br2NO3/c1-2-22-16(21)14-6-4-3-5-13(14)15(20)19-12-8-10(17)7-11(18)9-12/h2-4,7-9,13-14H,1,5-6H2,(H,19,20)/t13-,14-/m0/s1. The predicted octanol–water partition coefficient (Wildman–Crippen LogP) is 4.42. The molecular formula is C16H15Br2NO3. The van der Waals surface area contributed by atoms with E-state index in [9.17, 15) is 9.59 Å². The maximum Gasteiger partial charge on any atom is 0.314 e. The first-order valence-electron chi connectivity index (χ1n) is 6.74. The first-order chi connectivity index (χ1) is 10.5. The maximum atomic E-state index is 12.5. The van der Waals surface area contributed by atoms with Gasteiger partial charge >= 0.3 is 5.97 Å². The molecule has 0 aliphatic heterocycles. The second-order valence-corrected chi connectivity index (χ2v) is 6.74. The SMILES string of the molecule is C=COC(=O)[C@H]1CC=CC[C@@H]1C(=O)Nc1cc(Br)cc(Br)c1. The summed E-state index contributed by atoms with van der Waals surface area (Å²) in [6.07, 6.45) is 5.92. The highest BCUT2D eigenvalue weighted by molar-refractivity contribution is 9.11. The van der Waals surface area contributed by atoms with E-state index >= 15 is 0 Å². The molecule has 2 atom stereocenters. The summed E-state index contributed by atoms with van der Waals surface area (Å²) >= 11 is 6.75. The minimum atomic E-state index is -0.487. The van der Waals surface area contributed by atoms with E-state index in [1.165, 1.54) is 0 Å². The highest BCUT2D eigenvalue weighted by atomic mass is 79.9. The fourth-order valence-electron chi connectivity index (χ4n) is 2.39. The van der Waals surface area contributed by atoms with E-state index < -0.39 is 17.8 Å². The number of benzene rings is 1.